The van der Waals surface area contributed by atoms with Crippen LogP contribution in [0.1, 0.15) is 136 Å². The molecule has 0 aliphatic heterocycles. The first-order valence-electron chi connectivity index (χ1n) is 18.5. The Bertz CT molecular complexity index is 1610. The van der Waals surface area contributed by atoms with Gasteiger partial charge in [-0.15, -0.1) is 5.10 Å². The third-order valence-electron chi connectivity index (χ3n) is 9.11. The number of H-pyrrole nitrogens is 1. The molecule has 1 unspecified atom stereocenters. The fourth-order valence-corrected chi connectivity index (χ4v) is 6.64. The van der Waals surface area contributed by atoms with E-state index in [1.54, 1.807) is 17.8 Å². The highest BCUT2D eigenvalue weighted by molar-refractivity contribution is 6.34. The normalized spacial score (nSPS) is 12.4. The van der Waals surface area contributed by atoms with Crippen molar-refractivity contribution in [1.82, 2.24) is 19.8 Å². The smallest absolute Gasteiger partial charge is 0.265 e. The number of carbonyl (C=O) groups excluding carboxylic acids is 1. The molecule has 2 aromatic heterocycles. The fourth-order valence-electron chi connectivity index (χ4n) is 6.19. The minimum atomic E-state index is -0.632. The van der Waals surface area contributed by atoms with Gasteiger partial charge in [-0.1, -0.05) is 135 Å². The van der Waals surface area contributed by atoms with Gasteiger partial charge in [-0.3, -0.25) is 9.89 Å². The zero-order valence-corrected chi connectivity index (χ0v) is 31.4. The summed E-state index contributed by atoms with van der Waals surface area (Å²) in [5, 5.41) is 11.4. The Labute approximate surface area is 298 Å². The van der Waals surface area contributed by atoms with Crippen molar-refractivity contribution in [3.8, 4) is 22.9 Å². The van der Waals surface area contributed by atoms with Gasteiger partial charge in [0.15, 0.2) is 17.6 Å². The molecule has 268 valence electrons. The highest BCUT2D eigenvalue weighted by atomic mass is 35.5. The second-order valence-corrected chi connectivity index (χ2v) is 14.7. The van der Waals surface area contributed by atoms with E-state index in [1.807, 2.05) is 31.2 Å². The summed E-state index contributed by atoms with van der Waals surface area (Å²) in [4.78, 5) is 18.0. The fraction of sp³-hybridized carbons (Fsp3) is 0.575. The lowest BCUT2D eigenvalue weighted by molar-refractivity contribution is -0.122. The van der Waals surface area contributed by atoms with E-state index >= 15 is 0 Å². The minimum absolute atomic E-state index is 0.175. The number of aromatic nitrogens is 4. The molecule has 9 heteroatoms. The number of nitrogens with zero attached hydrogens (tertiary/aromatic N) is 3. The first-order valence-corrected chi connectivity index (χ1v) is 18.9. The number of aromatic amines is 1. The number of hydrogen-bond acceptors (Lipinski definition) is 5. The van der Waals surface area contributed by atoms with Crippen LogP contribution in [0.3, 0.4) is 0 Å². The summed E-state index contributed by atoms with van der Waals surface area (Å²) in [6, 6.07) is 13.6. The number of anilines is 1. The number of ether oxygens (including phenoxy) is 2. The van der Waals surface area contributed by atoms with Gasteiger partial charge in [0, 0.05) is 17.2 Å². The Morgan fingerprint density at radius 1 is 0.918 bits per heavy atom. The topological polar surface area (TPSA) is 93.5 Å². The van der Waals surface area contributed by atoms with Gasteiger partial charge in [0.2, 0.25) is 0 Å². The van der Waals surface area contributed by atoms with Gasteiger partial charge in [-0.05, 0) is 49.1 Å². The molecule has 1 amide bonds. The predicted octanol–water partition coefficient (Wildman–Crippen LogP) is 11.1. The van der Waals surface area contributed by atoms with Crippen LogP contribution in [0.5, 0.6) is 11.5 Å². The number of hydrogen-bond donors (Lipinski definition) is 2. The van der Waals surface area contributed by atoms with Crippen LogP contribution in [-0.2, 0) is 16.6 Å². The summed E-state index contributed by atoms with van der Waals surface area (Å²) in [6.07, 6.45) is 18.5. The standard InChI is InChI=1S/C40H58ClN5O3/c1-7-9-10-11-12-13-14-15-16-17-18-19-20-22-29-23-21-24-31(27-29)49-33(8-2)39(47)42-30-25-26-32(34(28-30)48-6)37-43-38-35(41)36(40(3,4)5)44-46(38)45-37/h21,23-28,33,44H,7-20,22H2,1-6H3,(H,42,47). The van der Waals surface area contributed by atoms with Crippen molar-refractivity contribution >= 4 is 28.8 Å². The Kier molecular flexibility index (Phi) is 14.9. The Balaban J connectivity index is 1.24. The van der Waals surface area contributed by atoms with Crippen LogP contribution in [0.4, 0.5) is 5.69 Å². The van der Waals surface area contributed by atoms with Gasteiger partial charge >= 0.3 is 0 Å². The van der Waals surface area contributed by atoms with Crippen molar-refractivity contribution < 1.29 is 14.3 Å². The average molecular weight is 692 g/mol. The molecule has 0 aliphatic carbocycles. The van der Waals surface area contributed by atoms with E-state index < -0.39 is 6.10 Å². The molecule has 0 saturated heterocycles. The summed E-state index contributed by atoms with van der Waals surface area (Å²) in [5.41, 5.74) is 3.78. The first kappa shape index (κ1) is 38.3. The molecule has 0 fully saturated rings. The summed E-state index contributed by atoms with van der Waals surface area (Å²) < 4.78 is 13.5. The number of carbonyl (C=O) groups is 1. The molecule has 8 nitrogen and oxygen atoms in total. The maximum atomic E-state index is 13.3. The minimum Gasteiger partial charge on any atom is -0.496 e. The summed E-state index contributed by atoms with van der Waals surface area (Å²) in [5.74, 6) is 1.51. The molecule has 0 spiro atoms. The van der Waals surface area contributed by atoms with Crippen molar-refractivity contribution in [2.75, 3.05) is 12.4 Å². The summed E-state index contributed by atoms with van der Waals surface area (Å²) >= 11 is 6.63. The van der Waals surface area contributed by atoms with Gasteiger partial charge in [-0.2, -0.15) is 4.63 Å². The Hall–Kier alpha value is -3.52. The van der Waals surface area contributed by atoms with Gasteiger partial charge in [0.1, 0.15) is 16.5 Å². The van der Waals surface area contributed by atoms with E-state index in [9.17, 15) is 4.79 Å². The van der Waals surface area contributed by atoms with Crippen LogP contribution in [0.2, 0.25) is 5.02 Å². The van der Waals surface area contributed by atoms with E-state index in [4.69, 9.17) is 21.1 Å². The third kappa shape index (κ3) is 11.2. The van der Waals surface area contributed by atoms with Gasteiger partial charge < -0.3 is 14.8 Å². The lowest BCUT2D eigenvalue weighted by Gasteiger charge is -2.18. The van der Waals surface area contributed by atoms with Crippen LogP contribution < -0.4 is 14.8 Å². The Morgan fingerprint density at radius 3 is 2.16 bits per heavy atom. The summed E-state index contributed by atoms with van der Waals surface area (Å²) in [6.45, 7) is 10.5. The number of aryl methyl sites for hydroxylation is 1. The number of methoxy groups -OCH3 is 1. The molecular formula is C40H58ClN5O3. The number of benzene rings is 2. The molecular weight excluding hydrogens is 634 g/mol. The SMILES string of the molecule is CCCCCCCCCCCCCCCc1cccc(OC(CC)C(=O)Nc2ccc(-c3nc4c(Cl)c(C(C)(C)C)[nH]n4n3)c(OC)c2)c1. The number of amides is 1. The van der Waals surface area contributed by atoms with Crippen LogP contribution in [0, 0.1) is 0 Å². The molecule has 4 rings (SSSR count). The molecule has 0 bridgehead atoms. The molecule has 2 N–H and O–H groups in total. The Morgan fingerprint density at radius 2 is 1.57 bits per heavy atom. The van der Waals surface area contributed by atoms with Crippen molar-refractivity contribution in [3.05, 3.63) is 58.7 Å². The zero-order valence-electron chi connectivity index (χ0n) is 30.7. The van der Waals surface area contributed by atoms with Crippen molar-refractivity contribution in [2.24, 2.45) is 0 Å². The van der Waals surface area contributed by atoms with Gasteiger partial charge in [-0.25, -0.2) is 4.98 Å². The lowest BCUT2D eigenvalue weighted by atomic mass is 9.92. The second kappa shape index (κ2) is 19.0. The largest absolute Gasteiger partial charge is 0.496 e. The molecule has 0 saturated carbocycles. The molecule has 2 heterocycles. The molecule has 0 radical (unpaired) electrons. The van der Waals surface area contributed by atoms with Crippen molar-refractivity contribution in [3.63, 3.8) is 0 Å². The predicted molar refractivity (Wildman–Crippen MR) is 202 cm³/mol. The van der Waals surface area contributed by atoms with Crippen LogP contribution >= 0.6 is 11.6 Å². The van der Waals surface area contributed by atoms with Crippen LogP contribution in [0.25, 0.3) is 17.0 Å². The molecule has 1 atom stereocenters. The number of unbranched alkanes of at least 4 members (excludes halogenated alkanes) is 12. The van der Waals surface area contributed by atoms with Crippen molar-refractivity contribution in [1.29, 1.82) is 0 Å². The maximum Gasteiger partial charge on any atom is 0.265 e. The molecule has 0 aliphatic rings. The first-order chi connectivity index (χ1) is 23.6. The lowest BCUT2D eigenvalue weighted by Crippen LogP contribution is -2.32. The molecule has 49 heavy (non-hydrogen) atoms. The maximum absolute atomic E-state index is 13.3. The molecule has 4 aromatic rings. The quantitative estimate of drug-likeness (QED) is 0.0848. The monoisotopic (exact) mass is 691 g/mol. The third-order valence-corrected chi connectivity index (χ3v) is 9.47. The second-order valence-electron chi connectivity index (χ2n) is 14.3. The van der Waals surface area contributed by atoms with E-state index in [0.717, 1.165) is 17.9 Å². The highest BCUT2D eigenvalue weighted by Crippen LogP contribution is 2.35. The summed E-state index contributed by atoms with van der Waals surface area (Å²) in [7, 11) is 1.58. The molecule has 2 aromatic carbocycles. The van der Waals surface area contributed by atoms with Crippen LogP contribution in [0.15, 0.2) is 42.5 Å². The van der Waals surface area contributed by atoms with Gasteiger partial charge in [0.05, 0.1) is 18.4 Å². The van der Waals surface area contributed by atoms with Crippen molar-refractivity contribution in [2.45, 2.75) is 142 Å². The van der Waals surface area contributed by atoms with Gasteiger partial charge in [0.25, 0.3) is 5.91 Å². The van der Waals surface area contributed by atoms with Crippen LogP contribution in [-0.4, -0.2) is 38.9 Å². The van der Waals surface area contributed by atoms with E-state index in [1.165, 1.54) is 89.0 Å². The zero-order chi connectivity index (χ0) is 35.2. The number of nitrogens with one attached hydrogen (secondary N) is 2. The van der Waals surface area contributed by atoms with E-state index in [2.05, 4.69) is 60.3 Å². The number of rotatable bonds is 21. The average Bonchev–Trinajstić information content (AvgIpc) is 3.64. The highest BCUT2D eigenvalue weighted by Gasteiger charge is 2.25. The van der Waals surface area contributed by atoms with E-state index in [-0.39, 0.29) is 11.3 Å². The van der Waals surface area contributed by atoms with E-state index in [0.29, 0.717) is 39.9 Å². The number of fused-ring (bicyclic) bond motifs is 1. The number of halogens is 1.